The fourth-order valence-electron chi connectivity index (χ4n) is 0.936. The van der Waals surface area contributed by atoms with Crippen LogP contribution in [0.25, 0.3) is 0 Å². The van der Waals surface area contributed by atoms with Crippen LogP contribution in [-0.4, -0.2) is 12.3 Å². The second-order valence-electron chi connectivity index (χ2n) is 2.75. The van der Waals surface area contributed by atoms with Crippen LogP contribution in [0.5, 0.6) is 5.75 Å². The number of halogens is 2. The van der Waals surface area contributed by atoms with Crippen LogP contribution in [0.1, 0.15) is 23.7 Å². The molecule has 3 nitrogen and oxygen atoms in total. The van der Waals surface area contributed by atoms with Crippen LogP contribution in [0.2, 0.25) is 10.0 Å². The molecule has 0 amide bonds. The van der Waals surface area contributed by atoms with E-state index in [1.807, 2.05) is 0 Å². The first-order chi connectivity index (χ1) is 7.08. The molecule has 0 atom stereocenters. The van der Waals surface area contributed by atoms with Crippen molar-refractivity contribution < 1.29 is 14.3 Å². The minimum atomic E-state index is -0.388. The Balaban J connectivity index is 3.03. The first-order valence-electron chi connectivity index (χ1n) is 4.23. The average Bonchev–Trinajstić information content (AvgIpc) is 2.17. The number of hydrogen-bond acceptors (Lipinski definition) is 3. The summed E-state index contributed by atoms with van der Waals surface area (Å²) in [7, 11) is 0. The first kappa shape index (κ1) is 12.0. The summed E-state index contributed by atoms with van der Waals surface area (Å²) in [6, 6.07) is 2.76. The average molecular weight is 247 g/mol. The molecule has 15 heavy (non-hydrogen) atoms. The summed E-state index contributed by atoms with van der Waals surface area (Å²) in [5, 5.41) is 0.327. The number of aldehydes is 1. The van der Waals surface area contributed by atoms with Gasteiger partial charge in [-0.1, -0.05) is 30.1 Å². The van der Waals surface area contributed by atoms with Crippen molar-refractivity contribution in [2.75, 3.05) is 0 Å². The van der Waals surface area contributed by atoms with Crippen LogP contribution in [0.4, 0.5) is 0 Å². The van der Waals surface area contributed by atoms with Gasteiger partial charge in [-0.2, -0.15) is 0 Å². The number of esters is 1. The largest absolute Gasteiger partial charge is 0.426 e. The normalized spacial score (nSPS) is 9.80. The van der Waals surface area contributed by atoms with Gasteiger partial charge in [0, 0.05) is 18.6 Å². The molecule has 1 aromatic rings. The van der Waals surface area contributed by atoms with E-state index in [0.29, 0.717) is 6.29 Å². The molecule has 0 aliphatic rings. The van der Waals surface area contributed by atoms with Gasteiger partial charge in [-0.3, -0.25) is 9.59 Å². The molecule has 80 valence electrons. The van der Waals surface area contributed by atoms with Gasteiger partial charge in [0.15, 0.2) is 6.29 Å². The molecule has 0 aliphatic heterocycles. The second kappa shape index (κ2) is 5.14. The van der Waals surface area contributed by atoms with Crippen molar-refractivity contribution in [3.63, 3.8) is 0 Å². The molecule has 1 rings (SSSR count). The zero-order chi connectivity index (χ0) is 11.4. The number of rotatable bonds is 3. The highest BCUT2D eigenvalue weighted by molar-refractivity contribution is 6.38. The Morgan fingerprint density at radius 1 is 1.40 bits per heavy atom. The van der Waals surface area contributed by atoms with Crippen LogP contribution in [0.15, 0.2) is 12.1 Å². The monoisotopic (exact) mass is 246 g/mol. The van der Waals surface area contributed by atoms with Crippen molar-refractivity contribution in [3.05, 3.63) is 27.7 Å². The van der Waals surface area contributed by atoms with Crippen molar-refractivity contribution in [3.8, 4) is 5.75 Å². The Morgan fingerprint density at radius 2 is 1.93 bits per heavy atom. The highest BCUT2D eigenvalue weighted by atomic mass is 35.5. The lowest BCUT2D eigenvalue weighted by Gasteiger charge is -2.05. The molecule has 0 fully saturated rings. The van der Waals surface area contributed by atoms with Gasteiger partial charge < -0.3 is 4.74 Å². The van der Waals surface area contributed by atoms with Crippen LogP contribution < -0.4 is 4.74 Å². The van der Waals surface area contributed by atoms with Crippen LogP contribution in [-0.2, 0) is 4.79 Å². The number of ether oxygens (including phenoxy) is 1. The second-order valence-corrected chi connectivity index (χ2v) is 3.56. The predicted molar refractivity (Wildman–Crippen MR) is 57.8 cm³/mol. The van der Waals surface area contributed by atoms with E-state index >= 15 is 0 Å². The summed E-state index contributed by atoms with van der Waals surface area (Å²) in [5.74, 6) is -0.150. The molecule has 1 aromatic carbocycles. The number of carbonyl (C=O) groups is 2. The summed E-state index contributed by atoms with van der Waals surface area (Å²) in [6.45, 7) is 1.67. The Hall–Kier alpha value is -1.06. The Bertz CT molecular complexity index is 379. The van der Waals surface area contributed by atoms with Crippen LogP contribution in [0, 0.1) is 0 Å². The topological polar surface area (TPSA) is 43.4 Å². The molecule has 0 radical (unpaired) electrons. The quantitative estimate of drug-likeness (QED) is 0.468. The summed E-state index contributed by atoms with van der Waals surface area (Å²) >= 11 is 11.5. The number of carbonyl (C=O) groups excluding carboxylic acids is 2. The van der Waals surface area contributed by atoms with E-state index in [1.165, 1.54) is 12.1 Å². The summed E-state index contributed by atoms with van der Waals surface area (Å²) in [6.07, 6.45) is 0.806. The maximum absolute atomic E-state index is 11.0. The van der Waals surface area contributed by atoms with Gasteiger partial charge in [0.2, 0.25) is 0 Å². The minimum Gasteiger partial charge on any atom is -0.426 e. The van der Waals surface area contributed by atoms with E-state index in [1.54, 1.807) is 6.92 Å². The van der Waals surface area contributed by atoms with E-state index in [9.17, 15) is 9.59 Å². The third-order valence-corrected chi connectivity index (χ3v) is 2.32. The summed E-state index contributed by atoms with van der Waals surface area (Å²) in [4.78, 5) is 21.5. The molecule has 0 heterocycles. The van der Waals surface area contributed by atoms with Crippen molar-refractivity contribution in [1.29, 1.82) is 0 Å². The van der Waals surface area contributed by atoms with Crippen molar-refractivity contribution >= 4 is 35.5 Å². The number of hydrogen-bond donors (Lipinski definition) is 0. The standard InChI is InChI=1S/C10H8Cl2O3/c1-2-10(14)15-6-3-8(11)7(5-13)9(12)4-6/h3-5H,2H2,1H3. The van der Waals surface area contributed by atoms with Gasteiger partial charge in [-0.25, -0.2) is 0 Å². The van der Waals surface area contributed by atoms with Crippen molar-refractivity contribution in [2.45, 2.75) is 13.3 Å². The van der Waals surface area contributed by atoms with Crippen molar-refractivity contribution in [2.24, 2.45) is 0 Å². The SMILES string of the molecule is CCC(=O)Oc1cc(Cl)c(C=O)c(Cl)c1. The molecule has 0 saturated carbocycles. The fraction of sp³-hybridized carbons (Fsp3) is 0.200. The molecular weight excluding hydrogens is 239 g/mol. The minimum absolute atomic E-state index is 0.163. The zero-order valence-electron chi connectivity index (χ0n) is 7.92. The van der Waals surface area contributed by atoms with Crippen molar-refractivity contribution in [1.82, 2.24) is 0 Å². The molecule has 0 bridgehead atoms. The molecule has 0 aromatic heterocycles. The molecule has 5 heteroatoms. The Labute approximate surface area is 96.9 Å². The Morgan fingerprint density at radius 3 is 2.33 bits per heavy atom. The highest BCUT2D eigenvalue weighted by Gasteiger charge is 2.10. The molecule has 0 unspecified atom stereocenters. The smallest absolute Gasteiger partial charge is 0.310 e. The van der Waals surface area contributed by atoms with E-state index in [2.05, 4.69) is 0 Å². The van der Waals surface area contributed by atoms with Gasteiger partial charge in [0.25, 0.3) is 0 Å². The summed E-state index contributed by atoms with van der Waals surface area (Å²) in [5.41, 5.74) is 0.189. The first-order valence-corrected chi connectivity index (χ1v) is 4.99. The highest BCUT2D eigenvalue weighted by Crippen LogP contribution is 2.29. The zero-order valence-corrected chi connectivity index (χ0v) is 9.43. The van der Waals surface area contributed by atoms with Gasteiger partial charge >= 0.3 is 5.97 Å². The van der Waals surface area contributed by atoms with Gasteiger partial charge in [0.1, 0.15) is 5.75 Å². The lowest BCUT2D eigenvalue weighted by molar-refractivity contribution is -0.134. The van der Waals surface area contributed by atoms with E-state index in [4.69, 9.17) is 27.9 Å². The maximum Gasteiger partial charge on any atom is 0.310 e. The molecular formula is C10H8Cl2O3. The van der Waals surface area contributed by atoms with E-state index < -0.39 is 0 Å². The lowest BCUT2D eigenvalue weighted by Crippen LogP contribution is -2.05. The molecule has 0 N–H and O–H groups in total. The third kappa shape index (κ3) is 2.94. The maximum atomic E-state index is 11.0. The lowest BCUT2D eigenvalue weighted by atomic mass is 10.2. The molecule has 0 saturated heterocycles. The van der Waals surface area contributed by atoms with Gasteiger partial charge in [-0.15, -0.1) is 0 Å². The summed E-state index contributed by atoms with van der Waals surface area (Å²) < 4.78 is 4.90. The Kier molecular flexibility index (Phi) is 4.12. The van der Waals surface area contributed by atoms with Crippen LogP contribution in [0.3, 0.4) is 0 Å². The van der Waals surface area contributed by atoms with E-state index in [0.717, 1.165) is 0 Å². The predicted octanol–water partition coefficient (Wildman–Crippen LogP) is 3.12. The van der Waals surface area contributed by atoms with Crippen LogP contribution >= 0.6 is 23.2 Å². The van der Waals surface area contributed by atoms with Gasteiger partial charge in [0.05, 0.1) is 15.6 Å². The molecule has 0 spiro atoms. The molecule has 0 aliphatic carbocycles. The third-order valence-electron chi connectivity index (χ3n) is 1.69. The van der Waals surface area contributed by atoms with Gasteiger partial charge in [-0.05, 0) is 0 Å². The number of benzene rings is 1. The fourth-order valence-corrected chi connectivity index (χ4v) is 1.49. The van der Waals surface area contributed by atoms with E-state index in [-0.39, 0.29) is 33.7 Å².